The number of fused-ring (bicyclic) bond motifs is 1. The Morgan fingerprint density at radius 1 is 1.33 bits per heavy atom. The van der Waals surface area contributed by atoms with Crippen LogP contribution in [-0.4, -0.2) is 5.91 Å². The van der Waals surface area contributed by atoms with Gasteiger partial charge in [0.25, 0.3) is 0 Å². The van der Waals surface area contributed by atoms with Gasteiger partial charge < -0.3 is 5.32 Å². The first kappa shape index (κ1) is 11.3. The first-order chi connectivity index (χ1) is 8.48. The van der Waals surface area contributed by atoms with Gasteiger partial charge in [-0.3, -0.25) is 4.79 Å². The standard InChI is InChI=1S/C15H16N2O/c1-14(2)8-15(14,9-16)11-4-5-12-10(7-11)3-6-13(18)17-12/h4-5,7H,3,6,8H2,1-2H3,(H,17,18). The fraction of sp³-hybridized carbons (Fsp3) is 0.467. The number of nitrogens with zero attached hydrogens (tertiary/aromatic N) is 1. The molecule has 1 aliphatic carbocycles. The minimum atomic E-state index is -0.330. The van der Waals surface area contributed by atoms with Crippen LogP contribution in [0.2, 0.25) is 0 Å². The molecule has 1 aromatic carbocycles. The van der Waals surface area contributed by atoms with Crippen LogP contribution >= 0.6 is 0 Å². The number of benzene rings is 1. The van der Waals surface area contributed by atoms with Crippen LogP contribution in [-0.2, 0) is 16.6 Å². The maximum Gasteiger partial charge on any atom is 0.224 e. The Morgan fingerprint density at radius 2 is 2.06 bits per heavy atom. The third-order valence-electron chi connectivity index (χ3n) is 4.42. The highest BCUT2D eigenvalue weighted by Gasteiger charge is 2.63. The second-order valence-electron chi connectivity index (χ2n) is 6.00. The first-order valence-electron chi connectivity index (χ1n) is 6.33. The molecule has 3 nitrogen and oxygen atoms in total. The highest BCUT2D eigenvalue weighted by Crippen LogP contribution is 2.64. The first-order valence-corrected chi connectivity index (χ1v) is 6.33. The van der Waals surface area contributed by atoms with Gasteiger partial charge in [-0.05, 0) is 35.4 Å². The monoisotopic (exact) mass is 240 g/mol. The van der Waals surface area contributed by atoms with Crippen LogP contribution in [0.4, 0.5) is 5.69 Å². The van der Waals surface area contributed by atoms with Crippen molar-refractivity contribution < 1.29 is 4.79 Å². The lowest BCUT2D eigenvalue weighted by atomic mass is 9.87. The van der Waals surface area contributed by atoms with Gasteiger partial charge in [-0.15, -0.1) is 0 Å². The van der Waals surface area contributed by atoms with E-state index in [4.69, 9.17) is 0 Å². The zero-order valence-electron chi connectivity index (χ0n) is 10.7. The van der Waals surface area contributed by atoms with Crippen molar-refractivity contribution in [2.45, 2.75) is 38.5 Å². The molecule has 1 aliphatic heterocycles. The number of rotatable bonds is 1. The van der Waals surface area contributed by atoms with Crippen LogP contribution in [0.25, 0.3) is 0 Å². The predicted molar refractivity (Wildman–Crippen MR) is 69.1 cm³/mol. The molecule has 3 heteroatoms. The maximum atomic E-state index is 11.3. The highest BCUT2D eigenvalue weighted by molar-refractivity contribution is 5.94. The molecule has 0 saturated heterocycles. The van der Waals surface area contributed by atoms with Gasteiger partial charge >= 0.3 is 0 Å². The largest absolute Gasteiger partial charge is 0.326 e. The molecular weight excluding hydrogens is 224 g/mol. The summed E-state index contributed by atoms with van der Waals surface area (Å²) in [5.41, 5.74) is 2.90. The summed E-state index contributed by atoms with van der Waals surface area (Å²) in [4.78, 5) is 11.3. The zero-order chi connectivity index (χ0) is 13.0. The minimum Gasteiger partial charge on any atom is -0.326 e. The Morgan fingerprint density at radius 3 is 2.67 bits per heavy atom. The summed E-state index contributed by atoms with van der Waals surface area (Å²) in [7, 11) is 0. The van der Waals surface area contributed by atoms with E-state index in [2.05, 4.69) is 31.3 Å². The second kappa shape index (κ2) is 3.35. The Bertz CT molecular complexity index is 583. The minimum absolute atomic E-state index is 0.0634. The Hall–Kier alpha value is -1.82. The van der Waals surface area contributed by atoms with Gasteiger partial charge in [0.05, 0.1) is 11.5 Å². The molecule has 1 atom stereocenters. The van der Waals surface area contributed by atoms with Crippen molar-refractivity contribution in [2.24, 2.45) is 5.41 Å². The van der Waals surface area contributed by atoms with E-state index in [-0.39, 0.29) is 16.7 Å². The molecule has 1 fully saturated rings. The fourth-order valence-corrected chi connectivity index (χ4v) is 3.02. The summed E-state index contributed by atoms with van der Waals surface area (Å²) in [5, 5.41) is 12.3. The number of carbonyl (C=O) groups is 1. The molecule has 1 amide bonds. The normalized spacial score (nSPS) is 27.9. The summed E-state index contributed by atoms with van der Waals surface area (Å²) >= 11 is 0. The predicted octanol–water partition coefficient (Wildman–Crippen LogP) is 2.76. The van der Waals surface area contributed by atoms with Crippen LogP contribution in [0, 0.1) is 16.7 Å². The lowest BCUT2D eigenvalue weighted by molar-refractivity contribution is -0.116. The number of anilines is 1. The number of aryl methyl sites for hydroxylation is 1. The molecule has 18 heavy (non-hydrogen) atoms. The van der Waals surface area contributed by atoms with Crippen LogP contribution in [0.5, 0.6) is 0 Å². The van der Waals surface area contributed by atoms with Crippen LogP contribution < -0.4 is 5.32 Å². The van der Waals surface area contributed by atoms with E-state index in [1.54, 1.807) is 0 Å². The van der Waals surface area contributed by atoms with Crippen molar-refractivity contribution in [1.29, 1.82) is 5.26 Å². The molecule has 0 bridgehead atoms. The van der Waals surface area contributed by atoms with Crippen molar-refractivity contribution in [3.05, 3.63) is 29.3 Å². The number of nitrogens with one attached hydrogen (secondary N) is 1. The second-order valence-corrected chi connectivity index (χ2v) is 6.00. The number of hydrogen-bond acceptors (Lipinski definition) is 2. The van der Waals surface area contributed by atoms with Gasteiger partial charge in [-0.2, -0.15) is 5.26 Å². The van der Waals surface area contributed by atoms with Crippen molar-refractivity contribution >= 4 is 11.6 Å². The molecule has 92 valence electrons. The lowest BCUT2D eigenvalue weighted by Crippen LogP contribution is -2.20. The molecular formula is C15H16N2O. The molecule has 2 aliphatic rings. The summed E-state index contributed by atoms with van der Waals surface area (Å²) in [6, 6.07) is 8.52. The number of hydrogen-bond donors (Lipinski definition) is 1. The third kappa shape index (κ3) is 1.38. The van der Waals surface area contributed by atoms with Crippen molar-refractivity contribution in [3.8, 4) is 6.07 Å². The lowest BCUT2D eigenvalue weighted by Gasteiger charge is -2.20. The highest BCUT2D eigenvalue weighted by atomic mass is 16.1. The zero-order valence-corrected chi connectivity index (χ0v) is 10.7. The molecule has 1 N–H and O–H groups in total. The molecule has 0 aromatic heterocycles. The van der Waals surface area contributed by atoms with E-state index in [1.807, 2.05) is 12.1 Å². The summed E-state index contributed by atoms with van der Waals surface area (Å²) in [6.45, 7) is 4.27. The van der Waals surface area contributed by atoms with E-state index < -0.39 is 0 Å². The topological polar surface area (TPSA) is 52.9 Å². The Labute approximate surface area is 107 Å². The molecule has 1 heterocycles. The molecule has 1 saturated carbocycles. The summed E-state index contributed by atoms with van der Waals surface area (Å²) in [6.07, 6.45) is 2.23. The van der Waals surface area contributed by atoms with Crippen molar-refractivity contribution in [2.75, 3.05) is 5.32 Å². The van der Waals surface area contributed by atoms with Gasteiger partial charge in [-0.1, -0.05) is 26.0 Å². The maximum absolute atomic E-state index is 11.3. The number of amides is 1. The van der Waals surface area contributed by atoms with E-state index >= 15 is 0 Å². The number of nitriles is 1. The van der Waals surface area contributed by atoms with E-state index in [0.717, 1.165) is 29.7 Å². The van der Waals surface area contributed by atoms with Crippen LogP contribution in [0.3, 0.4) is 0 Å². The van der Waals surface area contributed by atoms with E-state index in [1.165, 1.54) is 0 Å². The quantitative estimate of drug-likeness (QED) is 0.820. The van der Waals surface area contributed by atoms with Gasteiger partial charge in [0.15, 0.2) is 0 Å². The van der Waals surface area contributed by atoms with Gasteiger partial charge in [0.1, 0.15) is 0 Å². The van der Waals surface area contributed by atoms with E-state index in [0.29, 0.717) is 6.42 Å². The van der Waals surface area contributed by atoms with Gasteiger partial charge in [0.2, 0.25) is 5.91 Å². The third-order valence-corrected chi connectivity index (χ3v) is 4.42. The molecule has 0 spiro atoms. The molecule has 0 radical (unpaired) electrons. The van der Waals surface area contributed by atoms with Crippen molar-refractivity contribution in [3.63, 3.8) is 0 Å². The van der Waals surface area contributed by atoms with Gasteiger partial charge in [-0.25, -0.2) is 0 Å². The van der Waals surface area contributed by atoms with Crippen LogP contribution in [0.15, 0.2) is 18.2 Å². The summed E-state index contributed by atoms with van der Waals surface area (Å²) < 4.78 is 0. The van der Waals surface area contributed by atoms with E-state index in [9.17, 15) is 10.1 Å². The fourth-order valence-electron chi connectivity index (χ4n) is 3.02. The Balaban J connectivity index is 2.02. The summed E-state index contributed by atoms with van der Waals surface area (Å²) in [5.74, 6) is 0.0806. The molecule has 3 rings (SSSR count). The molecule has 1 aromatic rings. The van der Waals surface area contributed by atoms with Gasteiger partial charge in [0, 0.05) is 12.1 Å². The SMILES string of the molecule is CC1(C)CC1(C#N)c1ccc2c(c1)CCC(=O)N2. The van der Waals surface area contributed by atoms with Crippen LogP contribution in [0.1, 0.15) is 37.8 Å². The average Bonchev–Trinajstić information content (AvgIpc) is 2.92. The van der Waals surface area contributed by atoms with Crippen molar-refractivity contribution in [1.82, 2.24) is 0 Å². The molecule has 1 unspecified atom stereocenters. The average molecular weight is 240 g/mol. The smallest absolute Gasteiger partial charge is 0.224 e. The Kier molecular flexibility index (Phi) is 2.10. The number of carbonyl (C=O) groups excluding carboxylic acids is 1.